The molecule has 0 heterocycles. The molecule has 2 atom stereocenters. The van der Waals surface area contributed by atoms with Gasteiger partial charge in [-0.2, -0.15) is 15.5 Å². The molecule has 0 saturated carbocycles. The molecule has 0 bridgehead atoms. The summed E-state index contributed by atoms with van der Waals surface area (Å²) in [5.74, 6) is 0.343. The molecule has 0 radical (unpaired) electrons. The van der Waals surface area contributed by atoms with Gasteiger partial charge >= 0.3 is 0 Å². The Morgan fingerprint density at radius 1 is 1.19 bits per heavy atom. The maximum Gasteiger partial charge on any atom is 0.205 e. The normalized spacial score (nSPS) is 21.5. The molecule has 0 aliphatic heterocycles. The van der Waals surface area contributed by atoms with Crippen molar-refractivity contribution in [2.45, 2.75) is 52.4 Å². The van der Waals surface area contributed by atoms with Crippen molar-refractivity contribution >= 4 is 11.5 Å². The third-order valence-corrected chi connectivity index (χ3v) is 6.98. The second-order valence-electron chi connectivity index (χ2n) is 9.07. The van der Waals surface area contributed by atoms with Gasteiger partial charge in [-0.3, -0.25) is 4.79 Å². The zero-order valence-electron chi connectivity index (χ0n) is 18.7. The fraction of sp³-hybridized carbons (Fsp3) is 0.357. The van der Waals surface area contributed by atoms with E-state index in [1.165, 1.54) is 5.56 Å². The fourth-order valence-electron chi connectivity index (χ4n) is 5.24. The first-order valence-corrected chi connectivity index (χ1v) is 11.4. The lowest BCUT2D eigenvalue weighted by Crippen LogP contribution is -2.32. The van der Waals surface area contributed by atoms with Gasteiger partial charge in [-0.05, 0) is 72.6 Å². The Hall–Kier alpha value is -3.50. The molecule has 0 amide bonds. The number of ketones is 1. The van der Waals surface area contributed by atoms with Crippen LogP contribution >= 0.6 is 0 Å². The standard InChI is InChI=1S/C28H27N3O/c1-3-5-19(2)26(32)21-10-12-28(13-11-21)16-24-9-8-23(15-25(24)27(28)31-18-30)22-7-4-6-20(14-22)17-29/h4,6-10,14-15,19H,3,5,11-13,16H2,1-2H3. The summed E-state index contributed by atoms with van der Waals surface area (Å²) < 4.78 is 0. The van der Waals surface area contributed by atoms with Crippen LogP contribution in [0.5, 0.6) is 0 Å². The quantitative estimate of drug-likeness (QED) is 0.543. The van der Waals surface area contributed by atoms with E-state index in [4.69, 9.17) is 0 Å². The number of aliphatic imine (C=N–C) groups is 1. The molecule has 2 aromatic rings. The third-order valence-electron chi connectivity index (χ3n) is 6.98. The second-order valence-corrected chi connectivity index (χ2v) is 9.07. The molecule has 4 rings (SSSR count). The molecule has 1 spiro atoms. The van der Waals surface area contributed by atoms with E-state index in [0.717, 1.165) is 66.5 Å². The third kappa shape index (κ3) is 3.90. The molecule has 0 aromatic heterocycles. The van der Waals surface area contributed by atoms with Gasteiger partial charge in [-0.15, -0.1) is 0 Å². The lowest BCUT2D eigenvalue weighted by Gasteiger charge is -2.33. The van der Waals surface area contributed by atoms with Crippen LogP contribution in [0.4, 0.5) is 0 Å². The van der Waals surface area contributed by atoms with Crippen molar-refractivity contribution in [3.05, 3.63) is 70.8 Å². The summed E-state index contributed by atoms with van der Waals surface area (Å²) in [7, 11) is 0. The van der Waals surface area contributed by atoms with E-state index in [2.05, 4.69) is 42.3 Å². The van der Waals surface area contributed by atoms with Gasteiger partial charge in [0.15, 0.2) is 5.78 Å². The largest absolute Gasteiger partial charge is 0.294 e. The first-order chi connectivity index (χ1) is 15.5. The summed E-state index contributed by atoms with van der Waals surface area (Å²) in [6, 6.07) is 16.1. The summed E-state index contributed by atoms with van der Waals surface area (Å²) in [5.41, 5.74) is 6.40. The van der Waals surface area contributed by atoms with Gasteiger partial charge in [0.25, 0.3) is 0 Å². The smallest absolute Gasteiger partial charge is 0.205 e. The van der Waals surface area contributed by atoms with Crippen LogP contribution in [0.25, 0.3) is 11.1 Å². The predicted octanol–water partition coefficient (Wildman–Crippen LogP) is 6.15. The Morgan fingerprint density at radius 3 is 2.69 bits per heavy atom. The van der Waals surface area contributed by atoms with Crippen molar-refractivity contribution in [3.8, 4) is 23.4 Å². The molecule has 2 aliphatic carbocycles. The summed E-state index contributed by atoms with van der Waals surface area (Å²) in [6.07, 6.45) is 9.21. The van der Waals surface area contributed by atoms with Gasteiger partial charge in [0.2, 0.25) is 6.19 Å². The topological polar surface area (TPSA) is 77.0 Å². The van der Waals surface area contributed by atoms with Crippen molar-refractivity contribution < 1.29 is 4.79 Å². The summed E-state index contributed by atoms with van der Waals surface area (Å²) >= 11 is 0. The molecule has 0 saturated heterocycles. The van der Waals surface area contributed by atoms with Crippen LogP contribution in [-0.4, -0.2) is 11.5 Å². The van der Waals surface area contributed by atoms with Gasteiger partial charge < -0.3 is 0 Å². The molecular formula is C28H27N3O. The van der Waals surface area contributed by atoms with Crippen LogP contribution < -0.4 is 0 Å². The number of carbonyl (C=O) groups is 1. The van der Waals surface area contributed by atoms with Crippen molar-refractivity contribution in [1.29, 1.82) is 10.5 Å². The molecule has 4 heteroatoms. The highest BCUT2D eigenvalue weighted by Gasteiger charge is 2.44. The van der Waals surface area contributed by atoms with Crippen molar-refractivity contribution in [2.24, 2.45) is 16.3 Å². The number of fused-ring (bicyclic) bond motifs is 1. The molecule has 2 aliphatic rings. The van der Waals surface area contributed by atoms with E-state index in [-0.39, 0.29) is 17.1 Å². The number of nitriles is 2. The highest BCUT2D eigenvalue weighted by Crippen LogP contribution is 2.48. The molecule has 0 fully saturated rings. The van der Waals surface area contributed by atoms with Gasteiger partial charge in [0.05, 0.1) is 17.3 Å². The minimum absolute atomic E-state index is 0.0695. The maximum atomic E-state index is 12.8. The number of benzene rings is 2. The first kappa shape index (κ1) is 21.7. The zero-order valence-corrected chi connectivity index (χ0v) is 18.7. The number of Topliss-reactive ketones (excluding diaryl/α,β-unsaturated/α-hetero) is 1. The van der Waals surface area contributed by atoms with Gasteiger partial charge in [0, 0.05) is 16.9 Å². The number of rotatable bonds is 5. The van der Waals surface area contributed by atoms with Crippen molar-refractivity contribution in [2.75, 3.05) is 0 Å². The van der Waals surface area contributed by atoms with E-state index < -0.39 is 0 Å². The Labute approximate surface area is 189 Å². The molecule has 0 N–H and O–H groups in total. The molecule has 160 valence electrons. The van der Waals surface area contributed by atoms with Crippen LogP contribution in [0.1, 0.15) is 62.6 Å². The lowest BCUT2D eigenvalue weighted by molar-refractivity contribution is -0.119. The van der Waals surface area contributed by atoms with Crippen LogP contribution in [-0.2, 0) is 11.2 Å². The van der Waals surface area contributed by atoms with E-state index in [1.807, 2.05) is 31.3 Å². The minimum atomic E-state index is -0.219. The van der Waals surface area contributed by atoms with Gasteiger partial charge in [-0.1, -0.05) is 50.6 Å². The van der Waals surface area contributed by atoms with Crippen molar-refractivity contribution in [1.82, 2.24) is 0 Å². The van der Waals surface area contributed by atoms with Gasteiger partial charge in [-0.25, -0.2) is 0 Å². The average molecular weight is 422 g/mol. The molecule has 2 aromatic carbocycles. The van der Waals surface area contributed by atoms with Crippen LogP contribution in [0, 0.1) is 34.1 Å². The summed E-state index contributed by atoms with van der Waals surface area (Å²) in [5, 5.41) is 18.7. The Morgan fingerprint density at radius 2 is 2.00 bits per heavy atom. The zero-order chi connectivity index (χ0) is 22.7. The maximum absolute atomic E-state index is 12.8. The lowest BCUT2D eigenvalue weighted by atomic mass is 9.70. The number of carbonyl (C=O) groups excluding carboxylic acids is 1. The van der Waals surface area contributed by atoms with E-state index >= 15 is 0 Å². The second kappa shape index (κ2) is 8.93. The molecule has 4 nitrogen and oxygen atoms in total. The first-order valence-electron chi connectivity index (χ1n) is 11.4. The van der Waals surface area contributed by atoms with Crippen LogP contribution in [0.2, 0.25) is 0 Å². The average Bonchev–Trinajstić information content (AvgIpc) is 3.11. The number of allylic oxidation sites excluding steroid dienone is 2. The van der Waals surface area contributed by atoms with Crippen molar-refractivity contribution in [3.63, 3.8) is 0 Å². The number of hydrogen-bond donors (Lipinski definition) is 0. The highest BCUT2D eigenvalue weighted by atomic mass is 16.1. The van der Waals surface area contributed by atoms with E-state index in [9.17, 15) is 15.3 Å². The summed E-state index contributed by atoms with van der Waals surface area (Å²) in [4.78, 5) is 17.1. The number of hydrogen-bond acceptors (Lipinski definition) is 4. The minimum Gasteiger partial charge on any atom is -0.294 e. The summed E-state index contributed by atoms with van der Waals surface area (Å²) in [6.45, 7) is 4.13. The van der Waals surface area contributed by atoms with E-state index in [1.54, 1.807) is 6.07 Å². The predicted molar refractivity (Wildman–Crippen MR) is 126 cm³/mol. The molecule has 2 unspecified atom stereocenters. The molecular weight excluding hydrogens is 394 g/mol. The fourth-order valence-corrected chi connectivity index (χ4v) is 5.24. The SMILES string of the molecule is CCCC(C)C(=O)C1=CCC2(CC1)Cc1ccc(-c3cccc(C#N)c3)cc1C2=NC#N. The van der Waals surface area contributed by atoms with Crippen LogP contribution in [0.3, 0.4) is 0 Å². The van der Waals surface area contributed by atoms with E-state index in [0.29, 0.717) is 5.56 Å². The monoisotopic (exact) mass is 421 g/mol. The van der Waals surface area contributed by atoms with Crippen LogP contribution in [0.15, 0.2) is 59.1 Å². The Balaban J connectivity index is 1.66. The Bertz CT molecular complexity index is 1210. The molecule has 32 heavy (non-hydrogen) atoms. The van der Waals surface area contributed by atoms with Gasteiger partial charge in [0.1, 0.15) is 0 Å². The number of nitrogens with zero attached hydrogens (tertiary/aromatic N) is 3. The highest BCUT2D eigenvalue weighted by molar-refractivity contribution is 6.10. The Kier molecular flexibility index (Phi) is 6.06.